The van der Waals surface area contributed by atoms with E-state index in [0.29, 0.717) is 27.8 Å². The molecule has 0 fully saturated rings. The summed E-state index contributed by atoms with van der Waals surface area (Å²) in [6.07, 6.45) is 0. The van der Waals surface area contributed by atoms with Crippen molar-refractivity contribution in [2.45, 2.75) is 19.8 Å². The zero-order chi connectivity index (χ0) is 12.9. The van der Waals surface area contributed by atoms with Gasteiger partial charge in [-0.25, -0.2) is 4.52 Å². The maximum atomic E-state index is 6.13. The van der Waals surface area contributed by atoms with E-state index in [9.17, 15) is 0 Å². The second-order valence-corrected chi connectivity index (χ2v) is 4.91. The minimum atomic E-state index is 0.339. The van der Waals surface area contributed by atoms with Crippen molar-refractivity contribution in [3.8, 4) is 0 Å². The van der Waals surface area contributed by atoms with Crippen LogP contribution in [-0.4, -0.2) is 19.8 Å². The third kappa shape index (κ3) is 1.51. The highest BCUT2D eigenvalue weighted by molar-refractivity contribution is 6.37. The molecule has 18 heavy (non-hydrogen) atoms. The fourth-order valence-electron chi connectivity index (χ4n) is 1.86. The molecule has 0 unspecified atom stereocenters. The molecule has 3 rings (SSSR count). The number of anilines is 1. The number of halogens is 1. The van der Waals surface area contributed by atoms with Gasteiger partial charge in [0.2, 0.25) is 0 Å². The Kier molecular flexibility index (Phi) is 2.38. The van der Waals surface area contributed by atoms with Crippen molar-refractivity contribution in [1.29, 1.82) is 0 Å². The lowest BCUT2D eigenvalue weighted by Gasteiger charge is -2.03. The number of hydrogen-bond acceptors (Lipinski definition) is 4. The molecule has 1 aromatic carbocycles. The maximum absolute atomic E-state index is 6.13. The molecule has 2 aromatic heterocycles. The minimum Gasteiger partial charge on any atom is -0.397 e. The average Bonchev–Trinajstić information content (AvgIpc) is 2.77. The molecule has 0 aliphatic rings. The number of rotatable bonds is 1. The van der Waals surface area contributed by atoms with Crippen LogP contribution in [0.15, 0.2) is 18.2 Å². The summed E-state index contributed by atoms with van der Waals surface area (Å²) in [7, 11) is 0. The monoisotopic (exact) mass is 261 g/mol. The Morgan fingerprint density at radius 1 is 1.28 bits per heavy atom. The third-order valence-electron chi connectivity index (χ3n) is 2.91. The van der Waals surface area contributed by atoms with E-state index in [-0.39, 0.29) is 0 Å². The van der Waals surface area contributed by atoms with Gasteiger partial charge in [-0.3, -0.25) is 0 Å². The molecule has 0 spiro atoms. The van der Waals surface area contributed by atoms with Gasteiger partial charge in [-0.05, 0) is 18.1 Å². The second-order valence-electron chi connectivity index (χ2n) is 4.53. The first kappa shape index (κ1) is 11.2. The summed E-state index contributed by atoms with van der Waals surface area (Å²) in [5.74, 6) is 0.339. The Balaban J connectivity index is 2.42. The second kappa shape index (κ2) is 3.81. The first-order valence-electron chi connectivity index (χ1n) is 5.68. The SMILES string of the molecule is CC(C)c1cc2nnc3c(Cl)c(N)ccc3n2n1. The number of nitrogens with zero attached hydrogens (tertiary/aromatic N) is 4. The lowest BCUT2D eigenvalue weighted by atomic mass is 10.1. The fourth-order valence-corrected chi connectivity index (χ4v) is 2.05. The van der Waals surface area contributed by atoms with Gasteiger partial charge in [0, 0.05) is 6.07 Å². The van der Waals surface area contributed by atoms with Gasteiger partial charge in [0.05, 0.1) is 21.9 Å². The third-order valence-corrected chi connectivity index (χ3v) is 3.30. The summed E-state index contributed by atoms with van der Waals surface area (Å²) < 4.78 is 1.75. The Morgan fingerprint density at radius 2 is 2.06 bits per heavy atom. The van der Waals surface area contributed by atoms with Gasteiger partial charge < -0.3 is 5.73 Å². The van der Waals surface area contributed by atoms with Crippen LogP contribution in [0.3, 0.4) is 0 Å². The summed E-state index contributed by atoms with van der Waals surface area (Å²) in [6.45, 7) is 4.17. The van der Waals surface area contributed by atoms with Gasteiger partial charge in [0.25, 0.3) is 0 Å². The fraction of sp³-hybridized carbons (Fsp3) is 0.250. The van der Waals surface area contributed by atoms with E-state index >= 15 is 0 Å². The van der Waals surface area contributed by atoms with Crippen LogP contribution < -0.4 is 5.73 Å². The van der Waals surface area contributed by atoms with Crippen molar-refractivity contribution in [2.75, 3.05) is 5.73 Å². The van der Waals surface area contributed by atoms with Crippen LogP contribution >= 0.6 is 11.6 Å². The number of fused-ring (bicyclic) bond motifs is 3. The number of nitrogens with two attached hydrogens (primary N) is 1. The van der Waals surface area contributed by atoms with Crippen LogP contribution in [0.5, 0.6) is 0 Å². The van der Waals surface area contributed by atoms with Gasteiger partial charge in [-0.15, -0.1) is 10.2 Å². The van der Waals surface area contributed by atoms with Gasteiger partial charge in [-0.2, -0.15) is 5.10 Å². The molecule has 0 saturated carbocycles. The van der Waals surface area contributed by atoms with Crippen molar-refractivity contribution < 1.29 is 0 Å². The minimum absolute atomic E-state index is 0.339. The predicted molar refractivity (Wildman–Crippen MR) is 71.8 cm³/mol. The van der Waals surface area contributed by atoms with Crippen LogP contribution in [0.4, 0.5) is 5.69 Å². The summed E-state index contributed by atoms with van der Waals surface area (Å²) in [5.41, 5.74) is 9.32. The molecule has 0 saturated heterocycles. The van der Waals surface area contributed by atoms with E-state index in [1.54, 1.807) is 10.6 Å². The maximum Gasteiger partial charge on any atom is 0.178 e. The normalized spacial score (nSPS) is 11.8. The van der Waals surface area contributed by atoms with Crippen molar-refractivity contribution in [2.24, 2.45) is 0 Å². The molecule has 6 heteroatoms. The Labute approximate surface area is 109 Å². The van der Waals surface area contributed by atoms with Crippen LogP contribution in [0, 0.1) is 0 Å². The van der Waals surface area contributed by atoms with E-state index in [4.69, 9.17) is 17.3 Å². The molecule has 3 aromatic rings. The van der Waals surface area contributed by atoms with Crippen LogP contribution in [0.2, 0.25) is 5.02 Å². The van der Waals surface area contributed by atoms with Crippen LogP contribution in [-0.2, 0) is 0 Å². The smallest absolute Gasteiger partial charge is 0.178 e. The molecule has 2 N–H and O–H groups in total. The average molecular weight is 262 g/mol. The first-order valence-corrected chi connectivity index (χ1v) is 6.06. The Morgan fingerprint density at radius 3 is 2.78 bits per heavy atom. The zero-order valence-corrected chi connectivity index (χ0v) is 10.8. The summed E-state index contributed by atoms with van der Waals surface area (Å²) in [6, 6.07) is 5.54. The highest BCUT2D eigenvalue weighted by Gasteiger charge is 2.12. The highest BCUT2D eigenvalue weighted by Crippen LogP contribution is 2.27. The van der Waals surface area contributed by atoms with E-state index < -0.39 is 0 Å². The van der Waals surface area contributed by atoms with E-state index in [1.165, 1.54) is 0 Å². The van der Waals surface area contributed by atoms with Gasteiger partial charge in [0.1, 0.15) is 5.52 Å². The molecule has 0 aliphatic heterocycles. The number of nitrogen functional groups attached to an aromatic ring is 1. The summed E-state index contributed by atoms with van der Waals surface area (Å²) in [4.78, 5) is 0. The molecule has 5 nitrogen and oxygen atoms in total. The molecule has 2 heterocycles. The zero-order valence-electron chi connectivity index (χ0n) is 10.1. The van der Waals surface area contributed by atoms with Crippen molar-refractivity contribution >= 4 is 34.0 Å². The molecule has 0 amide bonds. The van der Waals surface area contributed by atoms with Gasteiger partial charge >= 0.3 is 0 Å². The van der Waals surface area contributed by atoms with Gasteiger partial charge in [-0.1, -0.05) is 25.4 Å². The summed E-state index contributed by atoms with van der Waals surface area (Å²) >= 11 is 6.13. The van der Waals surface area contributed by atoms with Crippen molar-refractivity contribution in [3.63, 3.8) is 0 Å². The quantitative estimate of drug-likeness (QED) is 0.684. The Hall–Kier alpha value is -1.88. The van der Waals surface area contributed by atoms with Gasteiger partial charge in [0.15, 0.2) is 5.65 Å². The van der Waals surface area contributed by atoms with E-state index in [1.807, 2.05) is 12.1 Å². The molecular weight excluding hydrogens is 250 g/mol. The lowest BCUT2D eigenvalue weighted by Crippen LogP contribution is -1.99. The first-order chi connectivity index (χ1) is 8.58. The molecule has 92 valence electrons. The van der Waals surface area contributed by atoms with Crippen LogP contribution in [0.1, 0.15) is 25.5 Å². The van der Waals surface area contributed by atoms with Crippen molar-refractivity contribution in [3.05, 3.63) is 28.9 Å². The molecule has 0 radical (unpaired) electrons. The van der Waals surface area contributed by atoms with Crippen molar-refractivity contribution in [1.82, 2.24) is 19.8 Å². The molecule has 0 atom stereocenters. The predicted octanol–water partition coefficient (Wildman–Crippen LogP) is 2.64. The number of benzene rings is 1. The van der Waals surface area contributed by atoms with E-state index in [0.717, 1.165) is 11.2 Å². The molecular formula is C12H12ClN5. The largest absolute Gasteiger partial charge is 0.397 e. The standard InChI is InChI=1S/C12H12ClN5/c1-6(2)8-5-10-15-16-12-9(18(10)17-8)4-3-7(14)11(12)13/h3-6H,14H2,1-2H3. The number of hydrogen-bond donors (Lipinski definition) is 1. The Bertz CT molecular complexity index is 747. The molecule has 0 bridgehead atoms. The highest BCUT2D eigenvalue weighted by atomic mass is 35.5. The number of aromatic nitrogens is 4. The summed E-state index contributed by atoms with van der Waals surface area (Å²) in [5, 5.41) is 13.2. The molecule has 0 aliphatic carbocycles. The topological polar surface area (TPSA) is 69.1 Å². The van der Waals surface area contributed by atoms with Crippen LogP contribution in [0.25, 0.3) is 16.7 Å². The van der Waals surface area contributed by atoms with E-state index in [2.05, 4.69) is 29.1 Å². The lowest BCUT2D eigenvalue weighted by molar-refractivity contribution is 0.793.